The Kier molecular flexibility index (Phi) is 10.1. The van der Waals surface area contributed by atoms with Crippen molar-refractivity contribution in [1.29, 1.82) is 0 Å². The summed E-state index contributed by atoms with van der Waals surface area (Å²) in [4.78, 5) is 38.3. The van der Waals surface area contributed by atoms with E-state index in [4.69, 9.17) is 0 Å². The zero-order chi connectivity index (χ0) is 38.0. The van der Waals surface area contributed by atoms with E-state index >= 15 is 0 Å². The van der Waals surface area contributed by atoms with Crippen LogP contribution in [-0.4, -0.2) is 71.1 Å². The van der Waals surface area contributed by atoms with Crippen molar-refractivity contribution in [2.45, 2.75) is 12.4 Å². The maximum atomic E-state index is 12.9. The molecular formula is C38H34F6N8O2. The lowest BCUT2D eigenvalue weighted by molar-refractivity contribution is -0.138. The molecule has 6 heterocycles. The van der Waals surface area contributed by atoms with Crippen molar-refractivity contribution >= 4 is 22.7 Å². The highest BCUT2D eigenvalue weighted by atomic mass is 19.4. The molecule has 2 fully saturated rings. The summed E-state index contributed by atoms with van der Waals surface area (Å²) < 4.78 is 79.8. The lowest BCUT2D eigenvalue weighted by atomic mass is 10.1. The predicted molar refractivity (Wildman–Crippen MR) is 194 cm³/mol. The van der Waals surface area contributed by atoms with Gasteiger partial charge in [-0.2, -0.15) is 26.3 Å². The summed E-state index contributed by atoms with van der Waals surface area (Å²) in [5.74, 6) is 0. The van der Waals surface area contributed by atoms with Crippen LogP contribution in [0.2, 0.25) is 0 Å². The minimum absolute atomic E-state index is 0.223. The maximum Gasteiger partial charge on any atom is 0.416 e. The van der Waals surface area contributed by atoms with Crippen LogP contribution in [0.4, 0.5) is 37.7 Å². The molecule has 0 spiro atoms. The second kappa shape index (κ2) is 14.9. The highest BCUT2D eigenvalue weighted by Crippen LogP contribution is 2.32. The number of nitrogens with zero attached hydrogens (tertiary/aromatic N) is 6. The number of alkyl halides is 6. The number of fused-ring (bicyclic) bond motifs is 2. The first-order valence-corrected chi connectivity index (χ1v) is 17.2. The highest BCUT2D eigenvalue weighted by molar-refractivity contribution is 5.65. The first-order valence-electron chi connectivity index (χ1n) is 17.2. The monoisotopic (exact) mass is 748 g/mol. The van der Waals surface area contributed by atoms with E-state index in [9.17, 15) is 35.9 Å². The fourth-order valence-corrected chi connectivity index (χ4v) is 6.38. The van der Waals surface area contributed by atoms with Crippen LogP contribution >= 0.6 is 0 Å². The number of nitrogens with one attached hydrogen (secondary N) is 2. The second-order valence-corrected chi connectivity index (χ2v) is 12.8. The fraction of sp³-hybridized carbons (Fsp3) is 0.263. The van der Waals surface area contributed by atoms with E-state index < -0.39 is 23.5 Å². The van der Waals surface area contributed by atoms with Crippen molar-refractivity contribution in [2.24, 2.45) is 0 Å². The van der Waals surface area contributed by atoms with Gasteiger partial charge in [-0.25, -0.2) is 9.97 Å². The van der Waals surface area contributed by atoms with E-state index in [2.05, 4.69) is 30.4 Å². The Morgan fingerprint density at radius 1 is 0.519 bits per heavy atom. The molecule has 0 saturated carbocycles. The van der Waals surface area contributed by atoms with Gasteiger partial charge in [0.05, 0.1) is 33.9 Å². The molecule has 0 amide bonds. The zero-order valence-electron chi connectivity index (χ0n) is 28.7. The van der Waals surface area contributed by atoms with Crippen LogP contribution in [0.5, 0.6) is 0 Å². The summed E-state index contributed by atoms with van der Waals surface area (Å²) >= 11 is 0. The minimum atomic E-state index is -4.44. The van der Waals surface area contributed by atoms with Crippen molar-refractivity contribution in [3.8, 4) is 22.5 Å². The summed E-state index contributed by atoms with van der Waals surface area (Å²) in [6.45, 7) is 6.93. The van der Waals surface area contributed by atoms with Crippen LogP contribution in [-0.2, 0) is 12.4 Å². The van der Waals surface area contributed by atoms with Gasteiger partial charge in [0.2, 0.25) is 0 Å². The van der Waals surface area contributed by atoms with Crippen LogP contribution in [0, 0.1) is 0 Å². The molecule has 4 aromatic heterocycles. The second-order valence-electron chi connectivity index (χ2n) is 12.8. The smallest absolute Gasteiger partial charge is 0.368 e. The molecule has 54 heavy (non-hydrogen) atoms. The van der Waals surface area contributed by atoms with Gasteiger partial charge in [-0.15, -0.1) is 0 Å². The van der Waals surface area contributed by atoms with E-state index in [-0.39, 0.29) is 22.4 Å². The molecule has 0 aliphatic carbocycles. The van der Waals surface area contributed by atoms with Crippen LogP contribution in [0.25, 0.3) is 33.8 Å². The molecule has 2 aliphatic rings. The summed E-state index contributed by atoms with van der Waals surface area (Å²) in [5, 5.41) is 6.55. The number of anilines is 2. The SMILES string of the molecule is O=c1cc(-c2ccc(C(F)(F)F)cc2)nc2ccc(N3CCNCC3)cn12.O=c1cc(-c2cccc(C(F)(F)F)c2)nc2ccc(N3CCNCC3)cn12. The molecule has 280 valence electrons. The fourth-order valence-electron chi connectivity index (χ4n) is 6.38. The molecule has 2 N–H and O–H groups in total. The van der Waals surface area contributed by atoms with Crippen LogP contribution in [0.3, 0.4) is 0 Å². The Morgan fingerprint density at radius 2 is 0.981 bits per heavy atom. The van der Waals surface area contributed by atoms with Gasteiger partial charge < -0.3 is 20.4 Å². The predicted octanol–water partition coefficient (Wildman–Crippen LogP) is 5.58. The molecule has 8 rings (SSSR count). The van der Waals surface area contributed by atoms with Crippen molar-refractivity contribution < 1.29 is 26.3 Å². The van der Waals surface area contributed by atoms with E-state index in [1.807, 2.05) is 12.1 Å². The summed E-state index contributed by atoms with van der Waals surface area (Å²) in [7, 11) is 0. The molecule has 0 unspecified atom stereocenters. The van der Waals surface area contributed by atoms with Crippen LogP contribution < -0.4 is 31.6 Å². The molecular weight excluding hydrogens is 714 g/mol. The Balaban J connectivity index is 0.000000167. The number of halogens is 6. The third-order valence-corrected chi connectivity index (χ3v) is 9.25. The lowest BCUT2D eigenvalue weighted by Crippen LogP contribution is -2.43. The molecule has 16 heteroatoms. The van der Waals surface area contributed by atoms with Gasteiger partial charge in [0.25, 0.3) is 11.1 Å². The largest absolute Gasteiger partial charge is 0.416 e. The van der Waals surface area contributed by atoms with Gasteiger partial charge in [0.1, 0.15) is 11.3 Å². The van der Waals surface area contributed by atoms with Crippen molar-refractivity contribution in [3.05, 3.63) is 129 Å². The number of aromatic nitrogens is 4. The number of hydrogen-bond donors (Lipinski definition) is 2. The van der Waals surface area contributed by atoms with Gasteiger partial charge >= 0.3 is 12.4 Å². The van der Waals surface area contributed by atoms with Gasteiger partial charge in [-0.3, -0.25) is 18.4 Å². The third kappa shape index (κ3) is 8.09. The van der Waals surface area contributed by atoms with E-state index in [0.717, 1.165) is 88.0 Å². The Bertz CT molecular complexity index is 2400. The standard InChI is InChI=1S/2C19H17F3N4O/c20-19(21,22)14-3-1-13(2-4-14)16-11-18(27)26-12-15(5-6-17(26)24-16)25-9-7-23-8-10-25;20-19(21,22)14-3-1-2-13(10-14)16-11-18(27)26-12-15(4-5-17(26)24-16)25-8-6-23-7-9-25/h1-6,11-12,23H,7-10H2;1-5,10-12,23H,6-9H2. The molecule has 2 saturated heterocycles. The third-order valence-electron chi connectivity index (χ3n) is 9.25. The number of pyridine rings is 2. The van der Waals surface area contributed by atoms with Crippen molar-refractivity contribution in [3.63, 3.8) is 0 Å². The normalized spacial score (nSPS) is 15.3. The maximum absolute atomic E-state index is 12.9. The number of benzene rings is 2. The topological polar surface area (TPSA) is 99.3 Å². The molecule has 0 bridgehead atoms. The minimum Gasteiger partial charge on any atom is -0.368 e. The lowest BCUT2D eigenvalue weighted by Gasteiger charge is -2.29. The number of rotatable bonds is 4. The quantitative estimate of drug-likeness (QED) is 0.226. The first-order chi connectivity index (χ1) is 25.8. The van der Waals surface area contributed by atoms with Gasteiger partial charge in [-0.1, -0.05) is 24.3 Å². The molecule has 2 aliphatic heterocycles. The molecule has 6 aromatic rings. The average Bonchev–Trinajstić information content (AvgIpc) is 3.18. The summed E-state index contributed by atoms with van der Waals surface area (Å²) in [6, 6.07) is 19.4. The van der Waals surface area contributed by atoms with Crippen LogP contribution in [0.1, 0.15) is 11.1 Å². The first kappa shape index (κ1) is 36.6. The Morgan fingerprint density at radius 3 is 1.44 bits per heavy atom. The summed E-state index contributed by atoms with van der Waals surface area (Å²) in [5.41, 5.74) is 1.91. The van der Waals surface area contributed by atoms with Gasteiger partial charge in [-0.05, 0) is 48.5 Å². The van der Waals surface area contributed by atoms with Gasteiger partial charge in [0.15, 0.2) is 0 Å². The summed E-state index contributed by atoms with van der Waals surface area (Å²) in [6.07, 6.45) is -5.35. The van der Waals surface area contributed by atoms with E-state index in [1.54, 1.807) is 24.5 Å². The zero-order valence-corrected chi connectivity index (χ0v) is 28.7. The van der Waals surface area contributed by atoms with Crippen LogP contribution in [0.15, 0.2) is 107 Å². The van der Waals surface area contributed by atoms with E-state index in [1.165, 1.54) is 45.2 Å². The Hall–Kier alpha value is -5.74. The van der Waals surface area contributed by atoms with Gasteiger partial charge in [0, 0.05) is 88.0 Å². The van der Waals surface area contributed by atoms with E-state index in [0.29, 0.717) is 22.6 Å². The van der Waals surface area contributed by atoms with Crippen molar-refractivity contribution in [2.75, 3.05) is 62.2 Å². The molecule has 0 atom stereocenters. The van der Waals surface area contributed by atoms with Crippen molar-refractivity contribution in [1.82, 2.24) is 29.4 Å². The molecule has 2 aromatic carbocycles. The highest BCUT2D eigenvalue weighted by Gasteiger charge is 2.31. The number of piperazine rings is 2. The molecule has 10 nitrogen and oxygen atoms in total. The Labute approximate surface area is 304 Å². The molecule has 0 radical (unpaired) electrons. The number of hydrogen-bond acceptors (Lipinski definition) is 8. The average molecular weight is 749 g/mol.